The summed E-state index contributed by atoms with van der Waals surface area (Å²) in [4.78, 5) is 45.9. The topological polar surface area (TPSA) is 182 Å². The number of aromatic amines is 1. The van der Waals surface area contributed by atoms with Crippen molar-refractivity contribution in [3.05, 3.63) is 52.0 Å². The number of hydrogen-bond acceptors (Lipinski definition) is 12. The molecule has 1 saturated heterocycles. The number of aromatic nitrogens is 7. The number of hydrogen-bond donors (Lipinski definition) is 3. The molecule has 0 amide bonds. The lowest BCUT2D eigenvalue weighted by atomic mass is 10.1. The molecule has 0 saturated carbocycles. The van der Waals surface area contributed by atoms with E-state index in [2.05, 4.69) is 42.0 Å². The predicted molar refractivity (Wildman–Crippen MR) is 150 cm³/mol. The second-order valence-electron chi connectivity index (χ2n) is 9.22. The quantitative estimate of drug-likeness (QED) is 0.154. The molecule has 2 N–H and O–H groups in total. The van der Waals surface area contributed by atoms with E-state index in [-0.39, 0.29) is 41.7 Å². The summed E-state index contributed by atoms with van der Waals surface area (Å²) in [6.45, 7) is -0.494. The van der Waals surface area contributed by atoms with Crippen LogP contribution >= 0.6 is 25.8 Å². The second-order valence-corrected chi connectivity index (χ2v) is 14.9. The molecular weight excluding hydrogens is 637 g/mol. The van der Waals surface area contributed by atoms with Gasteiger partial charge in [0.05, 0.1) is 31.6 Å². The van der Waals surface area contributed by atoms with Crippen LogP contribution in [0.5, 0.6) is 0 Å². The maximum atomic E-state index is 15.9. The number of imidazole rings is 2. The molecule has 4 aromatic rings. The molecule has 0 aromatic carbocycles. The summed E-state index contributed by atoms with van der Waals surface area (Å²) in [6.07, 6.45) is -3.79. The molecule has 2 aliphatic heterocycles. The third-order valence-electron chi connectivity index (χ3n) is 6.45. The SMILES string of the molecule is [C-]#[N+]c1cnc2c(c1)nc1n2CCOP(O)(=S)OC[C@H]2O[C@@H](n3cnc4c(=O)[nH]c(C)nc43)[C@H](OP(=O)(S)OC1)[C@@H]2F. The van der Waals surface area contributed by atoms with Crippen molar-refractivity contribution < 1.29 is 36.7 Å². The minimum absolute atomic E-state index is 0.0429. The van der Waals surface area contributed by atoms with Gasteiger partial charge in [-0.1, -0.05) is 12.2 Å². The van der Waals surface area contributed by atoms with E-state index in [1.165, 1.54) is 23.2 Å². The average Bonchev–Trinajstić information content (AvgIpc) is 3.59. The van der Waals surface area contributed by atoms with Crippen LogP contribution in [-0.4, -0.2) is 70.5 Å². The number of nitrogens with zero attached hydrogens (tertiary/aromatic N) is 7. The highest BCUT2D eigenvalue weighted by Crippen LogP contribution is 2.58. The van der Waals surface area contributed by atoms with E-state index < -0.39 is 56.9 Å². The van der Waals surface area contributed by atoms with Crippen molar-refractivity contribution in [2.24, 2.45) is 0 Å². The van der Waals surface area contributed by atoms with Gasteiger partial charge in [-0.05, 0) is 24.8 Å². The van der Waals surface area contributed by atoms with Crippen LogP contribution in [0, 0.1) is 13.5 Å². The first kappa shape index (κ1) is 29.5. The van der Waals surface area contributed by atoms with Gasteiger partial charge in [0, 0.05) is 12.7 Å². The smallest absolute Gasteiger partial charge is 0.346 e. The van der Waals surface area contributed by atoms with Crippen molar-refractivity contribution in [2.75, 3.05) is 13.2 Å². The molecule has 222 valence electrons. The number of rotatable bonds is 1. The van der Waals surface area contributed by atoms with E-state index in [9.17, 15) is 14.3 Å². The first-order valence-electron chi connectivity index (χ1n) is 12.2. The Morgan fingerprint density at radius 3 is 2.88 bits per heavy atom. The molecule has 0 radical (unpaired) electrons. The fourth-order valence-corrected chi connectivity index (χ4v) is 7.11. The zero-order chi connectivity index (χ0) is 29.8. The monoisotopic (exact) mass is 658 g/mol. The molecule has 4 aromatic heterocycles. The molecule has 42 heavy (non-hydrogen) atoms. The second kappa shape index (κ2) is 11.1. The molecule has 6 rings (SSSR count). The minimum Gasteiger partial charge on any atom is -0.346 e. The summed E-state index contributed by atoms with van der Waals surface area (Å²) in [5, 5.41) is 0. The number of halogens is 1. The summed E-state index contributed by atoms with van der Waals surface area (Å²) in [5.74, 6) is 0.467. The number of aryl methyl sites for hydroxylation is 1. The normalized spacial score (nSPS) is 30.9. The summed E-state index contributed by atoms with van der Waals surface area (Å²) in [5.41, 5.74) is 0.438. The van der Waals surface area contributed by atoms with E-state index in [1.807, 2.05) is 0 Å². The Morgan fingerprint density at radius 1 is 1.29 bits per heavy atom. The highest BCUT2D eigenvalue weighted by molar-refractivity contribution is 8.44. The number of fused-ring (bicyclic) bond motifs is 6. The number of ether oxygens (including phenoxy) is 1. The van der Waals surface area contributed by atoms with E-state index in [4.69, 9.17) is 41.2 Å². The Labute approximate surface area is 245 Å². The Bertz CT molecular complexity index is 1900. The molecule has 6 atom stereocenters. The van der Waals surface area contributed by atoms with Crippen molar-refractivity contribution in [3.8, 4) is 0 Å². The third-order valence-corrected chi connectivity index (χ3v) is 9.66. The lowest BCUT2D eigenvalue weighted by Gasteiger charge is -2.24. The lowest BCUT2D eigenvalue weighted by molar-refractivity contribution is -0.0453. The van der Waals surface area contributed by atoms with Crippen LogP contribution < -0.4 is 5.56 Å². The molecule has 1 fully saturated rings. The Hall–Kier alpha value is -2.62. The van der Waals surface area contributed by atoms with Crippen molar-refractivity contribution in [2.45, 2.75) is 44.7 Å². The minimum atomic E-state index is -4.32. The molecule has 2 unspecified atom stereocenters. The molecule has 2 aliphatic rings. The van der Waals surface area contributed by atoms with Gasteiger partial charge >= 0.3 is 13.5 Å². The molecular formula is C21H21FN8O8P2S2. The fraction of sp³-hybridized carbons (Fsp3) is 0.429. The summed E-state index contributed by atoms with van der Waals surface area (Å²) < 4.78 is 60.0. The summed E-state index contributed by atoms with van der Waals surface area (Å²) >= 11 is 9.18. The van der Waals surface area contributed by atoms with Gasteiger partial charge in [0.25, 0.3) is 5.56 Å². The van der Waals surface area contributed by atoms with Crippen molar-refractivity contribution >= 4 is 65.6 Å². The number of H-pyrrole nitrogens is 1. The van der Waals surface area contributed by atoms with E-state index in [0.29, 0.717) is 11.2 Å². The van der Waals surface area contributed by atoms with Gasteiger partial charge in [0.15, 0.2) is 29.2 Å². The first-order valence-corrected chi connectivity index (χ1v) is 17.5. The molecule has 2 bridgehead atoms. The van der Waals surface area contributed by atoms with Gasteiger partial charge in [-0.3, -0.25) is 18.4 Å². The van der Waals surface area contributed by atoms with Crippen molar-refractivity contribution in [1.82, 2.24) is 34.1 Å². The average molecular weight is 659 g/mol. The predicted octanol–water partition coefficient (Wildman–Crippen LogP) is 2.86. The van der Waals surface area contributed by atoms with Gasteiger partial charge in [-0.15, -0.1) is 0 Å². The standard InChI is InChI=1S/C21H21FN8O8P2S2/c1-10-26-19-16(20(31)27-10)25-9-30(19)21-17-15(22)13(37-21)7-35-39(32,41)34-4-3-29-14(8-36-40(33,42)38-17)28-12-5-11(23-2)6-24-18(12)29/h5-6,9,13,15,17,21H,3-4,7-8H2,1H3,(H,32,41)(H,33,42)(H,26,27,31)/t13-,15-,17-,21-,39?,40?/m1/s1. The van der Waals surface area contributed by atoms with E-state index in [0.717, 1.165) is 0 Å². The van der Waals surface area contributed by atoms with Gasteiger partial charge in [-0.2, -0.15) is 0 Å². The van der Waals surface area contributed by atoms with Gasteiger partial charge < -0.3 is 28.2 Å². The Balaban J connectivity index is 1.38. The highest BCUT2D eigenvalue weighted by atomic mass is 32.7. The molecule has 0 aliphatic carbocycles. The fourth-order valence-electron chi connectivity index (χ4n) is 4.62. The van der Waals surface area contributed by atoms with E-state index >= 15 is 4.39 Å². The van der Waals surface area contributed by atoms with Gasteiger partial charge in [-0.25, -0.2) is 33.7 Å². The molecule has 16 nitrogen and oxygen atoms in total. The third kappa shape index (κ3) is 5.67. The number of nitrogens with one attached hydrogen (secondary N) is 1. The summed E-state index contributed by atoms with van der Waals surface area (Å²) in [6, 6.07) is 1.51. The molecule has 6 heterocycles. The van der Waals surface area contributed by atoms with Crippen LogP contribution in [0.25, 0.3) is 27.2 Å². The molecule has 0 spiro atoms. The Kier molecular flexibility index (Phi) is 7.81. The number of thiol groups is 1. The van der Waals surface area contributed by atoms with Crippen molar-refractivity contribution in [3.63, 3.8) is 0 Å². The summed E-state index contributed by atoms with van der Waals surface area (Å²) in [7, 11) is 0. The van der Waals surface area contributed by atoms with E-state index in [1.54, 1.807) is 11.5 Å². The van der Waals surface area contributed by atoms with Gasteiger partial charge in [0.1, 0.15) is 30.5 Å². The zero-order valence-corrected chi connectivity index (χ0v) is 24.9. The largest absolute Gasteiger partial charge is 0.387 e. The first-order chi connectivity index (χ1) is 19.9. The van der Waals surface area contributed by atoms with Crippen LogP contribution in [0.15, 0.2) is 23.4 Å². The maximum Gasteiger partial charge on any atom is 0.387 e. The Morgan fingerprint density at radius 2 is 2.10 bits per heavy atom. The number of alkyl halides is 1. The maximum absolute atomic E-state index is 15.9. The van der Waals surface area contributed by atoms with Crippen LogP contribution in [0.4, 0.5) is 10.1 Å². The highest BCUT2D eigenvalue weighted by Gasteiger charge is 2.51. The van der Waals surface area contributed by atoms with Crippen LogP contribution in [0.1, 0.15) is 17.9 Å². The van der Waals surface area contributed by atoms with Gasteiger partial charge in [0.2, 0.25) is 5.69 Å². The van der Waals surface area contributed by atoms with Crippen LogP contribution in [0.2, 0.25) is 0 Å². The zero-order valence-electron chi connectivity index (χ0n) is 21.4. The number of pyridine rings is 1. The lowest BCUT2D eigenvalue weighted by Crippen LogP contribution is -2.32. The van der Waals surface area contributed by atoms with Crippen LogP contribution in [0.3, 0.4) is 0 Å². The van der Waals surface area contributed by atoms with Crippen LogP contribution in [-0.2, 0) is 52.4 Å². The molecule has 21 heteroatoms. The van der Waals surface area contributed by atoms with Crippen molar-refractivity contribution in [1.29, 1.82) is 0 Å².